The molecule has 3 aromatic heterocycles. The second-order valence-corrected chi connectivity index (χ2v) is 7.64. The van der Waals surface area contributed by atoms with E-state index in [4.69, 9.17) is 4.42 Å². The molecule has 0 N–H and O–H groups in total. The lowest BCUT2D eigenvalue weighted by molar-refractivity contribution is 0.0973. The van der Waals surface area contributed by atoms with Crippen molar-refractivity contribution in [2.45, 2.75) is 19.9 Å². The molecule has 1 atom stereocenters. The summed E-state index contributed by atoms with van der Waals surface area (Å²) >= 11 is 1.42. The largest absolute Gasteiger partial charge is 0.430 e. The number of hydrogen-bond acceptors (Lipinski definition) is 7. The molecule has 1 amide bonds. The van der Waals surface area contributed by atoms with Crippen LogP contribution in [0.25, 0.3) is 11.5 Å². The van der Waals surface area contributed by atoms with Crippen LogP contribution in [0.4, 0.5) is 10.8 Å². The average molecular weight is 367 g/mol. The number of amides is 1. The lowest BCUT2D eigenvalue weighted by Gasteiger charge is -2.16. The SMILES string of the molecule is C[C@H]1CCN(c2ccc(-c3nc4c(o3)C(=O)N(c3cncs3)C4)cn2)C1. The van der Waals surface area contributed by atoms with Crippen LogP contribution < -0.4 is 9.80 Å². The third kappa shape index (κ3) is 2.48. The third-order valence-corrected chi connectivity index (χ3v) is 5.67. The van der Waals surface area contributed by atoms with Crippen molar-refractivity contribution in [2.75, 3.05) is 22.9 Å². The fourth-order valence-corrected chi connectivity index (χ4v) is 4.08. The van der Waals surface area contributed by atoms with Gasteiger partial charge in [0, 0.05) is 19.3 Å². The molecule has 0 radical (unpaired) electrons. The Morgan fingerprint density at radius 1 is 1.31 bits per heavy atom. The van der Waals surface area contributed by atoms with Crippen molar-refractivity contribution in [3.63, 3.8) is 0 Å². The molecule has 3 aromatic rings. The first kappa shape index (κ1) is 15.5. The van der Waals surface area contributed by atoms with Gasteiger partial charge in [0.15, 0.2) is 0 Å². The van der Waals surface area contributed by atoms with E-state index in [1.807, 2.05) is 12.1 Å². The Bertz CT molecular complexity index is 951. The highest BCUT2D eigenvalue weighted by molar-refractivity contribution is 7.14. The number of carbonyl (C=O) groups is 1. The van der Waals surface area contributed by atoms with Gasteiger partial charge in [-0.3, -0.25) is 14.7 Å². The van der Waals surface area contributed by atoms with Gasteiger partial charge in [0.1, 0.15) is 16.5 Å². The maximum absolute atomic E-state index is 12.5. The van der Waals surface area contributed by atoms with Crippen molar-refractivity contribution in [3.05, 3.63) is 41.5 Å². The van der Waals surface area contributed by atoms with Crippen LogP contribution in [-0.4, -0.2) is 33.9 Å². The Balaban J connectivity index is 1.37. The number of fused-ring (bicyclic) bond motifs is 1. The second-order valence-electron chi connectivity index (χ2n) is 6.77. The highest BCUT2D eigenvalue weighted by Crippen LogP contribution is 2.33. The van der Waals surface area contributed by atoms with E-state index in [0.29, 0.717) is 29.8 Å². The third-order valence-electron chi connectivity index (χ3n) is 4.87. The van der Waals surface area contributed by atoms with E-state index >= 15 is 0 Å². The molecule has 8 heteroatoms. The molecule has 1 fully saturated rings. The number of hydrogen-bond donors (Lipinski definition) is 0. The minimum Gasteiger partial charge on any atom is -0.430 e. The summed E-state index contributed by atoms with van der Waals surface area (Å²) in [6.07, 6.45) is 4.65. The number of carbonyl (C=O) groups excluding carboxylic acids is 1. The molecule has 0 aliphatic carbocycles. The predicted molar refractivity (Wildman–Crippen MR) is 98.4 cm³/mol. The fourth-order valence-electron chi connectivity index (χ4n) is 3.46. The summed E-state index contributed by atoms with van der Waals surface area (Å²) in [5.41, 5.74) is 3.15. The first-order valence-corrected chi connectivity index (χ1v) is 9.48. The first-order valence-electron chi connectivity index (χ1n) is 8.60. The number of nitrogens with zero attached hydrogens (tertiary/aromatic N) is 5. The number of aromatic nitrogens is 3. The maximum atomic E-state index is 12.5. The van der Waals surface area contributed by atoms with E-state index in [1.54, 1.807) is 22.8 Å². The van der Waals surface area contributed by atoms with E-state index in [9.17, 15) is 4.79 Å². The predicted octanol–water partition coefficient (Wildman–Crippen LogP) is 3.20. The number of thiazole rings is 1. The number of pyridine rings is 1. The van der Waals surface area contributed by atoms with Gasteiger partial charge in [-0.25, -0.2) is 9.97 Å². The first-order chi connectivity index (χ1) is 12.7. The van der Waals surface area contributed by atoms with Crippen molar-refractivity contribution < 1.29 is 9.21 Å². The maximum Gasteiger partial charge on any atom is 0.297 e. The zero-order valence-corrected chi connectivity index (χ0v) is 15.1. The molecule has 0 spiro atoms. The molecule has 132 valence electrons. The molecule has 1 saturated heterocycles. The Labute approximate surface area is 154 Å². The highest BCUT2D eigenvalue weighted by atomic mass is 32.1. The van der Waals surface area contributed by atoms with E-state index in [-0.39, 0.29) is 5.91 Å². The summed E-state index contributed by atoms with van der Waals surface area (Å²) in [5, 5.41) is 0.801. The van der Waals surface area contributed by atoms with Crippen LogP contribution in [0.2, 0.25) is 0 Å². The summed E-state index contributed by atoms with van der Waals surface area (Å²) in [5.74, 6) is 2.27. The monoisotopic (exact) mass is 367 g/mol. The van der Waals surface area contributed by atoms with Crippen molar-refractivity contribution in [3.8, 4) is 11.5 Å². The van der Waals surface area contributed by atoms with Gasteiger partial charge in [0.05, 0.1) is 23.8 Å². The van der Waals surface area contributed by atoms with Crippen LogP contribution in [0.15, 0.2) is 34.5 Å². The lowest BCUT2D eigenvalue weighted by Crippen LogP contribution is -2.22. The molecule has 2 aliphatic rings. The molecule has 2 aliphatic heterocycles. The number of oxazole rings is 1. The topological polar surface area (TPSA) is 75.4 Å². The van der Waals surface area contributed by atoms with Crippen molar-refractivity contribution >= 4 is 28.1 Å². The molecular formula is C18H17N5O2S. The van der Waals surface area contributed by atoms with Gasteiger partial charge >= 0.3 is 0 Å². The zero-order valence-electron chi connectivity index (χ0n) is 14.3. The van der Waals surface area contributed by atoms with Crippen LogP contribution in [-0.2, 0) is 6.54 Å². The van der Waals surface area contributed by atoms with Gasteiger partial charge in [0.25, 0.3) is 5.91 Å². The summed E-state index contributed by atoms with van der Waals surface area (Å²) < 4.78 is 5.76. The summed E-state index contributed by atoms with van der Waals surface area (Å²) in [4.78, 5) is 29.6. The van der Waals surface area contributed by atoms with E-state index < -0.39 is 0 Å². The fraction of sp³-hybridized carbons (Fsp3) is 0.333. The zero-order chi connectivity index (χ0) is 17.7. The standard InChI is InChI=1S/C18H17N5O2S/c1-11-4-5-22(8-11)14-3-2-12(6-20-14)17-21-13-9-23(15-7-19-10-26-15)18(24)16(13)25-17/h2-3,6-7,10-11H,4-5,8-9H2,1H3/t11-/m0/s1. The second kappa shape index (κ2) is 5.91. The van der Waals surface area contributed by atoms with E-state index in [2.05, 4.69) is 26.8 Å². The minimum absolute atomic E-state index is 0.168. The molecule has 0 aromatic carbocycles. The Morgan fingerprint density at radius 2 is 2.23 bits per heavy atom. The van der Waals surface area contributed by atoms with Crippen LogP contribution in [0.1, 0.15) is 29.6 Å². The summed E-state index contributed by atoms with van der Waals surface area (Å²) in [6.45, 7) is 4.76. The van der Waals surface area contributed by atoms with Crippen LogP contribution >= 0.6 is 11.3 Å². The quantitative estimate of drug-likeness (QED) is 0.708. The molecule has 5 rings (SSSR count). The van der Waals surface area contributed by atoms with Gasteiger partial charge in [-0.05, 0) is 24.5 Å². The number of rotatable bonds is 3. The minimum atomic E-state index is -0.168. The van der Waals surface area contributed by atoms with Crippen LogP contribution in [0.3, 0.4) is 0 Å². The molecule has 26 heavy (non-hydrogen) atoms. The lowest BCUT2D eigenvalue weighted by atomic mass is 10.2. The van der Waals surface area contributed by atoms with E-state index in [0.717, 1.165) is 29.5 Å². The van der Waals surface area contributed by atoms with Gasteiger partial charge in [0.2, 0.25) is 11.7 Å². The Kier molecular flexibility index (Phi) is 3.53. The average Bonchev–Trinajstić information content (AvgIpc) is 3.41. The number of anilines is 2. The molecule has 7 nitrogen and oxygen atoms in total. The molecule has 0 saturated carbocycles. The van der Waals surface area contributed by atoms with Crippen molar-refractivity contribution in [1.82, 2.24) is 15.0 Å². The molecule has 0 unspecified atom stereocenters. The molecule has 5 heterocycles. The van der Waals surface area contributed by atoms with Gasteiger partial charge < -0.3 is 9.32 Å². The van der Waals surface area contributed by atoms with Crippen molar-refractivity contribution in [2.24, 2.45) is 5.92 Å². The van der Waals surface area contributed by atoms with Gasteiger partial charge in [-0.15, -0.1) is 11.3 Å². The van der Waals surface area contributed by atoms with Crippen LogP contribution in [0, 0.1) is 5.92 Å². The Morgan fingerprint density at radius 3 is 2.88 bits per heavy atom. The summed E-state index contributed by atoms with van der Waals surface area (Å²) in [6, 6.07) is 3.95. The normalized spacial score (nSPS) is 19.4. The summed E-state index contributed by atoms with van der Waals surface area (Å²) in [7, 11) is 0. The highest BCUT2D eigenvalue weighted by Gasteiger charge is 2.35. The van der Waals surface area contributed by atoms with Gasteiger partial charge in [-0.2, -0.15) is 0 Å². The van der Waals surface area contributed by atoms with E-state index in [1.165, 1.54) is 17.8 Å². The van der Waals surface area contributed by atoms with Crippen LogP contribution in [0.5, 0.6) is 0 Å². The molecular weight excluding hydrogens is 350 g/mol. The Hall–Kier alpha value is -2.74. The smallest absolute Gasteiger partial charge is 0.297 e. The van der Waals surface area contributed by atoms with Crippen molar-refractivity contribution in [1.29, 1.82) is 0 Å². The van der Waals surface area contributed by atoms with Gasteiger partial charge in [-0.1, -0.05) is 6.92 Å². The molecule has 0 bridgehead atoms.